The van der Waals surface area contributed by atoms with Crippen LogP contribution < -0.4 is 5.73 Å². The van der Waals surface area contributed by atoms with Gasteiger partial charge in [-0.15, -0.1) is 12.4 Å². The molecule has 0 aromatic rings. The molecule has 2 heterocycles. The van der Waals surface area contributed by atoms with Crippen LogP contribution in [0.5, 0.6) is 0 Å². The summed E-state index contributed by atoms with van der Waals surface area (Å²) in [6, 6.07) is -0.720. The Morgan fingerprint density at radius 1 is 1.47 bits per heavy atom. The van der Waals surface area contributed by atoms with E-state index in [4.69, 9.17) is 5.73 Å². The average molecular weight is 290 g/mol. The number of carbonyl (C=O) groups is 3. The van der Waals surface area contributed by atoms with Gasteiger partial charge >= 0.3 is 5.97 Å². The lowest BCUT2D eigenvalue weighted by Crippen LogP contribution is -2.37. The molecule has 0 aromatic carbocycles. The molecular formula is C11H16ClN3O4. The molecule has 2 aliphatic rings. The van der Waals surface area contributed by atoms with Crippen molar-refractivity contribution in [3.8, 4) is 0 Å². The maximum atomic E-state index is 11.9. The van der Waals surface area contributed by atoms with Crippen molar-refractivity contribution in [1.82, 2.24) is 10.0 Å². The van der Waals surface area contributed by atoms with E-state index in [2.05, 4.69) is 0 Å². The number of nitrogens with zero attached hydrogens (tertiary/aromatic N) is 2. The van der Waals surface area contributed by atoms with Crippen molar-refractivity contribution in [3.05, 3.63) is 11.3 Å². The number of carbonyl (C=O) groups excluding carboxylic acids is 2. The van der Waals surface area contributed by atoms with Gasteiger partial charge in [-0.05, 0) is 6.42 Å². The van der Waals surface area contributed by atoms with E-state index in [1.807, 2.05) is 6.92 Å². The monoisotopic (exact) mass is 289 g/mol. The third kappa shape index (κ3) is 2.49. The topological polar surface area (TPSA) is 104 Å². The van der Waals surface area contributed by atoms with Gasteiger partial charge in [0, 0.05) is 25.1 Å². The van der Waals surface area contributed by atoms with Gasteiger partial charge in [0.05, 0.1) is 0 Å². The summed E-state index contributed by atoms with van der Waals surface area (Å²) in [5.41, 5.74) is 5.55. The normalized spacial score (nSPS) is 22.5. The van der Waals surface area contributed by atoms with Crippen LogP contribution in [-0.4, -0.2) is 51.9 Å². The second-order valence-electron chi connectivity index (χ2n) is 4.41. The van der Waals surface area contributed by atoms with E-state index in [9.17, 15) is 19.5 Å². The first-order valence-electron chi connectivity index (χ1n) is 5.81. The predicted molar refractivity (Wildman–Crippen MR) is 68.2 cm³/mol. The lowest BCUT2D eigenvalue weighted by molar-refractivity contribution is -0.143. The van der Waals surface area contributed by atoms with Crippen LogP contribution >= 0.6 is 12.4 Å². The molecule has 2 aliphatic heterocycles. The zero-order valence-electron chi connectivity index (χ0n) is 10.5. The minimum Gasteiger partial charge on any atom is -0.477 e. The number of Topliss-reactive ketones (excluding diaryl/α,β-unsaturated/α-hetero) is 1. The molecule has 106 valence electrons. The number of hydrazine groups is 1. The van der Waals surface area contributed by atoms with E-state index in [1.54, 1.807) is 0 Å². The molecule has 1 saturated heterocycles. The fraction of sp³-hybridized carbons (Fsp3) is 0.545. The molecule has 2 rings (SSSR count). The first-order chi connectivity index (χ1) is 8.47. The molecule has 3 N–H and O–H groups in total. The SMILES string of the molecule is CCCC(=O)C1=C(C(=O)O)N2C(=O)[C@H](N)CN2C1.Cl. The number of carboxylic acid groups (broad SMARTS) is 1. The third-order valence-electron chi connectivity index (χ3n) is 3.07. The van der Waals surface area contributed by atoms with Gasteiger partial charge in [0.15, 0.2) is 11.5 Å². The highest BCUT2D eigenvalue weighted by Crippen LogP contribution is 2.29. The van der Waals surface area contributed by atoms with Crippen molar-refractivity contribution in [2.75, 3.05) is 13.1 Å². The second-order valence-corrected chi connectivity index (χ2v) is 4.41. The van der Waals surface area contributed by atoms with Gasteiger partial charge in [0.2, 0.25) is 0 Å². The van der Waals surface area contributed by atoms with Gasteiger partial charge in [-0.2, -0.15) is 0 Å². The largest absolute Gasteiger partial charge is 0.477 e. The van der Waals surface area contributed by atoms with E-state index < -0.39 is 17.9 Å². The highest BCUT2D eigenvalue weighted by molar-refractivity contribution is 6.07. The van der Waals surface area contributed by atoms with Gasteiger partial charge in [-0.25, -0.2) is 14.8 Å². The Labute approximate surface area is 116 Å². The van der Waals surface area contributed by atoms with Crippen LogP contribution in [0.25, 0.3) is 0 Å². The molecule has 7 nitrogen and oxygen atoms in total. The van der Waals surface area contributed by atoms with E-state index in [0.29, 0.717) is 6.42 Å². The Morgan fingerprint density at radius 2 is 2.11 bits per heavy atom. The van der Waals surface area contributed by atoms with Crippen LogP contribution in [0.2, 0.25) is 0 Å². The Balaban J connectivity index is 0.00000180. The van der Waals surface area contributed by atoms with Crippen molar-refractivity contribution in [2.24, 2.45) is 5.73 Å². The number of halogens is 1. The van der Waals surface area contributed by atoms with Crippen molar-refractivity contribution < 1.29 is 19.5 Å². The molecule has 0 bridgehead atoms. The van der Waals surface area contributed by atoms with E-state index in [0.717, 1.165) is 5.01 Å². The number of nitrogens with two attached hydrogens (primary N) is 1. The van der Waals surface area contributed by atoms with Crippen LogP contribution in [0.1, 0.15) is 19.8 Å². The van der Waals surface area contributed by atoms with Crippen LogP contribution in [-0.2, 0) is 14.4 Å². The molecule has 0 spiro atoms. The molecule has 0 radical (unpaired) electrons. The van der Waals surface area contributed by atoms with Gasteiger partial charge in [-0.1, -0.05) is 6.92 Å². The first-order valence-corrected chi connectivity index (χ1v) is 5.81. The summed E-state index contributed by atoms with van der Waals surface area (Å²) in [5, 5.41) is 11.7. The summed E-state index contributed by atoms with van der Waals surface area (Å²) in [5.74, 6) is -1.95. The summed E-state index contributed by atoms with van der Waals surface area (Å²) >= 11 is 0. The second kappa shape index (κ2) is 5.68. The van der Waals surface area contributed by atoms with Crippen molar-refractivity contribution in [1.29, 1.82) is 0 Å². The maximum absolute atomic E-state index is 11.9. The zero-order chi connectivity index (χ0) is 13.4. The molecular weight excluding hydrogens is 274 g/mol. The molecule has 8 heteroatoms. The number of ketones is 1. The van der Waals surface area contributed by atoms with E-state index in [1.165, 1.54) is 5.01 Å². The third-order valence-corrected chi connectivity index (χ3v) is 3.07. The standard InChI is InChI=1S/C11H15N3O4.ClH/c1-2-3-8(15)6-4-13-5-7(12)10(16)14(13)9(6)11(17)18;/h7H,2-5,12H2,1H3,(H,17,18);1H/t7-;/m1./s1. The Bertz CT molecular complexity index is 463. The summed E-state index contributed by atoms with van der Waals surface area (Å²) in [6.45, 7) is 2.24. The number of rotatable bonds is 4. The van der Waals surface area contributed by atoms with E-state index in [-0.39, 0.29) is 49.0 Å². The van der Waals surface area contributed by atoms with E-state index >= 15 is 0 Å². The van der Waals surface area contributed by atoms with Crippen LogP contribution in [0.3, 0.4) is 0 Å². The summed E-state index contributed by atoms with van der Waals surface area (Å²) in [6.07, 6.45) is 0.927. The molecule has 19 heavy (non-hydrogen) atoms. The fourth-order valence-electron chi connectivity index (χ4n) is 2.27. The molecule has 1 atom stereocenters. The Kier molecular flexibility index (Phi) is 4.67. The highest BCUT2D eigenvalue weighted by Gasteiger charge is 2.47. The van der Waals surface area contributed by atoms with Crippen LogP contribution in [0, 0.1) is 0 Å². The number of amides is 1. The molecule has 0 unspecified atom stereocenters. The summed E-state index contributed by atoms with van der Waals surface area (Å²) in [4.78, 5) is 34.9. The number of fused-ring (bicyclic) bond motifs is 1. The van der Waals surface area contributed by atoms with Crippen molar-refractivity contribution in [2.45, 2.75) is 25.8 Å². The van der Waals surface area contributed by atoms with Crippen LogP contribution in [0.15, 0.2) is 11.3 Å². The fourth-order valence-corrected chi connectivity index (χ4v) is 2.27. The zero-order valence-corrected chi connectivity index (χ0v) is 11.3. The molecule has 1 amide bonds. The highest BCUT2D eigenvalue weighted by atomic mass is 35.5. The minimum absolute atomic E-state index is 0. The number of hydrogen-bond donors (Lipinski definition) is 2. The van der Waals surface area contributed by atoms with Gasteiger partial charge in [0.1, 0.15) is 6.04 Å². The van der Waals surface area contributed by atoms with Gasteiger partial charge in [-0.3, -0.25) is 9.59 Å². The maximum Gasteiger partial charge on any atom is 0.354 e. The van der Waals surface area contributed by atoms with Crippen LogP contribution in [0.4, 0.5) is 0 Å². The average Bonchev–Trinajstić information content (AvgIpc) is 2.78. The smallest absolute Gasteiger partial charge is 0.354 e. The minimum atomic E-state index is -1.26. The molecule has 0 aromatic heterocycles. The number of carboxylic acids is 1. The Morgan fingerprint density at radius 3 is 2.63 bits per heavy atom. The lowest BCUT2D eigenvalue weighted by Gasteiger charge is -2.19. The van der Waals surface area contributed by atoms with Gasteiger partial charge < -0.3 is 10.8 Å². The Hall–Kier alpha value is -1.44. The number of aliphatic carboxylic acids is 1. The molecule has 0 aliphatic carbocycles. The van der Waals surface area contributed by atoms with Crippen molar-refractivity contribution in [3.63, 3.8) is 0 Å². The molecule has 1 fully saturated rings. The number of hydrogen-bond acceptors (Lipinski definition) is 5. The van der Waals surface area contributed by atoms with Gasteiger partial charge in [0.25, 0.3) is 5.91 Å². The molecule has 0 saturated carbocycles. The summed E-state index contributed by atoms with van der Waals surface area (Å²) < 4.78 is 0. The summed E-state index contributed by atoms with van der Waals surface area (Å²) in [7, 11) is 0. The van der Waals surface area contributed by atoms with Crippen molar-refractivity contribution >= 4 is 30.1 Å². The lowest BCUT2D eigenvalue weighted by atomic mass is 10.0. The quantitative estimate of drug-likeness (QED) is 0.724. The predicted octanol–water partition coefficient (Wildman–Crippen LogP) is -0.484. The first kappa shape index (κ1) is 15.6.